The number of hydrogen-bond acceptors (Lipinski definition) is 7. The summed E-state index contributed by atoms with van der Waals surface area (Å²) < 4.78 is 1.61. The standard InChI is InChI=1S/C15H23N7O2/c1-10(2)11(23)6-21(5-4-17-3)12(24)7-22-9-20-13-14(16)18-8-19-15(13)22/h8-10,17H,4-7H2,1-3H3,(H2,16,18,19). The van der Waals surface area contributed by atoms with Crippen LogP contribution in [-0.2, 0) is 16.1 Å². The zero-order chi connectivity index (χ0) is 17.7. The number of nitrogens with two attached hydrogens (primary N) is 1. The molecule has 0 spiro atoms. The number of nitrogens with one attached hydrogen (secondary N) is 1. The molecule has 2 aromatic rings. The Labute approximate surface area is 140 Å². The molecule has 3 N–H and O–H groups in total. The normalized spacial score (nSPS) is 11.2. The van der Waals surface area contributed by atoms with Crippen molar-refractivity contribution in [2.75, 3.05) is 32.4 Å². The van der Waals surface area contributed by atoms with Crippen molar-refractivity contribution < 1.29 is 9.59 Å². The van der Waals surface area contributed by atoms with E-state index in [1.54, 1.807) is 16.5 Å². The van der Waals surface area contributed by atoms with E-state index in [-0.39, 0.29) is 36.5 Å². The Morgan fingerprint density at radius 2 is 2.08 bits per heavy atom. The summed E-state index contributed by atoms with van der Waals surface area (Å²) >= 11 is 0. The maximum Gasteiger partial charge on any atom is 0.243 e. The molecule has 0 fully saturated rings. The number of likely N-dealkylation sites (N-methyl/N-ethyl adjacent to an activating group) is 1. The average Bonchev–Trinajstić information content (AvgIpc) is 2.95. The molecule has 0 saturated carbocycles. The number of nitrogens with zero attached hydrogens (tertiary/aromatic N) is 5. The molecule has 2 aromatic heterocycles. The van der Waals surface area contributed by atoms with E-state index in [0.29, 0.717) is 24.3 Å². The van der Waals surface area contributed by atoms with Crippen LogP contribution in [0.4, 0.5) is 5.82 Å². The first-order valence-electron chi connectivity index (χ1n) is 7.80. The van der Waals surface area contributed by atoms with E-state index in [9.17, 15) is 9.59 Å². The van der Waals surface area contributed by atoms with E-state index in [0.717, 1.165) is 0 Å². The second-order valence-electron chi connectivity index (χ2n) is 5.84. The van der Waals surface area contributed by atoms with Gasteiger partial charge in [0.15, 0.2) is 17.2 Å². The second kappa shape index (κ2) is 7.82. The summed E-state index contributed by atoms with van der Waals surface area (Å²) in [4.78, 5) is 38.3. The number of amides is 1. The molecule has 0 aliphatic heterocycles. The number of aromatic nitrogens is 4. The zero-order valence-corrected chi connectivity index (χ0v) is 14.2. The molecule has 0 bridgehead atoms. The van der Waals surface area contributed by atoms with Gasteiger partial charge in [-0.25, -0.2) is 15.0 Å². The number of rotatable bonds is 8. The monoisotopic (exact) mass is 333 g/mol. The number of hydrogen-bond donors (Lipinski definition) is 2. The molecule has 24 heavy (non-hydrogen) atoms. The predicted molar refractivity (Wildman–Crippen MR) is 90.1 cm³/mol. The fraction of sp³-hybridized carbons (Fsp3) is 0.533. The van der Waals surface area contributed by atoms with Gasteiger partial charge in [0.2, 0.25) is 5.91 Å². The van der Waals surface area contributed by atoms with E-state index in [4.69, 9.17) is 5.73 Å². The summed E-state index contributed by atoms with van der Waals surface area (Å²) in [6, 6.07) is 0. The van der Waals surface area contributed by atoms with Crippen molar-refractivity contribution in [2.45, 2.75) is 20.4 Å². The molecule has 0 unspecified atom stereocenters. The highest BCUT2D eigenvalue weighted by Crippen LogP contribution is 2.14. The van der Waals surface area contributed by atoms with Gasteiger partial charge in [-0.05, 0) is 7.05 Å². The summed E-state index contributed by atoms with van der Waals surface area (Å²) in [5.74, 6) is 0.0157. The highest BCUT2D eigenvalue weighted by Gasteiger charge is 2.20. The van der Waals surface area contributed by atoms with Gasteiger partial charge in [-0.1, -0.05) is 13.8 Å². The SMILES string of the molecule is CNCCN(CC(=O)C(C)C)C(=O)Cn1cnc2c(N)ncnc21. The van der Waals surface area contributed by atoms with Crippen LogP contribution >= 0.6 is 0 Å². The molecule has 0 aliphatic rings. The summed E-state index contributed by atoms with van der Waals surface area (Å²) in [5, 5.41) is 2.99. The van der Waals surface area contributed by atoms with Crippen LogP contribution in [0.25, 0.3) is 11.2 Å². The number of nitrogen functional groups attached to an aromatic ring is 1. The number of Topliss-reactive ketones (excluding diaryl/α,β-unsaturated/α-hetero) is 1. The van der Waals surface area contributed by atoms with Crippen molar-refractivity contribution in [2.24, 2.45) is 5.92 Å². The van der Waals surface area contributed by atoms with Crippen LogP contribution in [-0.4, -0.2) is 62.8 Å². The molecule has 9 nitrogen and oxygen atoms in total. The number of anilines is 1. The quantitative estimate of drug-likeness (QED) is 0.679. The van der Waals surface area contributed by atoms with Crippen LogP contribution in [0.3, 0.4) is 0 Å². The van der Waals surface area contributed by atoms with Gasteiger partial charge in [-0.2, -0.15) is 0 Å². The topological polar surface area (TPSA) is 119 Å². The number of imidazole rings is 1. The van der Waals surface area contributed by atoms with E-state index in [1.807, 2.05) is 13.8 Å². The lowest BCUT2D eigenvalue weighted by molar-refractivity contribution is -0.136. The number of carbonyl (C=O) groups is 2. The molecule has 0 radical (unpaired) electrons. The van der Waals surface area contributed by atoms with Gasteiger partial charge in [0.1, 0.15) is 18.4 Å². The van der Waals surface area contributed by atoms with E-state index >= 15 is 0 Å². The molecule has 130 valence electrons. The molecule has 0 aliphatic carbocycles. The van der Waals surface area contributed by atoms with Crippen molar-refractivity contribution in [3.8, 4) is 0 Å². The Bertz CT molecular complexity index is 726. The summed E-state index contributed by atoms with van der Waals surface area (Å²) in [7, 11) is 1.80. The van der Waals surface area contributed by atoms with Crippen molar-refractivity contribution in [1.29, 1.82) is 0 Å². The largest absolute Gasteiger partial charge is 0.382 e. The predicted octanol–water partition coefficient (Wildman–Crippen LogP) is -0.318. The minimum absolute atomic E-state index is 0.0292. The number of fused-ring (bicyclic) bond motifs is 1. The first kappa shape index (κ1) is 17.8. The minimum Gasteiger partial charge on any atom is -0.382 e. The first-order chi connectivity index (χ1) is 11.4. The molecule has 0 atom stereocenters. The maximum absolute atomic E-state index is 12.6. The van der Waals surface area contributed by atoms with Crippen LogP contribution < -0.4 is 11.1 Å². The van der Waals surface area contributed by atoms with E-state index in [2.05, 4.69) is 20.3 Å². The van der Waals surface area contributed by atoms with Gasteiger partial charge in [0.05, 0.1) is 12.9 Å². The molecule has 9 heteroatoms. The smallest absolute Gasteiger partial charge is 0.243 e. The highest BCUT2D eigenvalue weighted by atomic mass is 16.2. The zero-order valence-electron chi connectivity index (χ0n) is 14.2. The van der Waals surface area contributed by atoms with Gasteiger partial charge in [0, 0.05) is 19.0 Å². The van der Waals surface area contributed by atoms with Crippen molar-refractivity contribution in [3.05, 3.63) is 12.7 Å². The van der Waals surface area contributed by atoms with Crippen molar-refractivity contribution in [3.63, 3.8) is 0 Å². The molecular weight excluding hydrogens is 310 g/mol. The van der Waals surface area contributed by atoms with Gasteiger partial charge in [-0.3, -0.25) is 9.59 Å². The first-order valence-corrected chi connectivity index (χ1v) is 7.80. The average molecular weight is 333 g/mol. The summed E-state index contributed by atoms with van der Waals surface area (Å²) in [5.41, 5.74) is 6.71. The second-order valence-corrected chi connectivity index (χ2v) is 5.84. The fourth-order valence-electron chi connectivity index (χ4n) is 2.17. The third kappa shape index (κ3) is 4.05. The Balaban J connectivity index is 2.16. The van der Waals surface area contributed by atoms with Crippen molar-refractivity contribution >= 4 is 28.7 Å². The molecule has 0 aromatic carbocycles. The number of ketones is 1. The number of carbonyl (C=O) groups excluding carboxylic acids is 2. The highest BCUT2D eigenvalue weighted by molar-refractivity contribution is 5.88. The minimum atomic E-state index is -0.171. The van der Waals surface area contributed by atoms with Gasteiger partial charge in [0.25, 0.3) is 0 Å². The third-order valence-corrected chi connectivity index (χ3v) is 3.71. The van der Waals surface area contributed by atoms with Gasteiger partial charge < -0.3 is 20.5 Å². The third-order valence-electron chi connectivity index (χ3n) is 3.71. The van der Waals surface area contributed by atoms with Gasteiger partial charge in [-0.15, -0.1) is 0 Å². The summed E-state index contributed by atoms with van der Waals surface area (Å²) in [6.45, 7) is 4.86. The lowest BCUT2D eigenvalue weighted by Crippen LogP contribution is -2.42. The fourth-order valence-corrected chi connectivity index (χ4v) is 2.17. The van der Waals surface area contributed by atoms with Crippen LogP contribution in [0.15, 0.2) is 12.7 Å². The maximum atomic E-state index is 12.6. The molecule has 0 saturated heterocycles. The lowest BCUT2D eigenvalue weighted by Gasteiger charge is -2.23. The van der Waals surface area contributed by atoms with E-state index < -0.39 is 0 Å². The van der Waals surface area contributed by atoms with Crippen LogP contribution in [0.1, 0.15) is 13.8 Å². The molecule has 1 amide bonds. The van der Waals surface area contributed by atoms with Crippen LogP contribution in [0.5, 0.6) is 0 Å². The molecule has 2 rings (SSSR count). The van der Waals surface area contributed by atoms with Crippen LogP contribution in [0.2, 0.25) is 0 Å². The Hall–Kier alpha value is -2.55. The summed E-state index contributed by atoms with van der Waals surface area (Å²) in [6.07, 6.45) is 2.84. The Morgan fingerprint density at radius 1 is 1.33 bits per heavy atom. The van der Waals surface area contributed by atoms with Crippen LogP contribution in [0, 0.1) is 5.92 Å². The van der Waals surface area contributed by atoms with Crippen molar-refractivity contribution in [1.82, 2.24) is 29.7 Å². The Morgan fingerprint density at radius 3 is 2.75 bits per heavy atom. The lowest BCUT2D eigenvalue weighted by atomic mass is 10.1. The van der Waals surface area contributed by atoms with E-state index in [1.165, 1.54) is 12.7 Å². The molecule has 2 heterocycles. The molecular formula is C15H23N7O2. The Kier molecular flexibility index (Phi) is 5.80. The van der Waals surface area contributed by atoms with Gasteiger partial charge >= 0.3 is 0 Å².